The Kier molecular flexibility index (Phi) is 6.07. The molecule has 0 unspecified atom stereocenters. The Balaban J connectivity index is 1.69. The summed E-state index contributed by atoms with van der Waals surface area (Å²) < 4.78 is 4.84. The van der Waals surface area contributed by atoms with Crippen molar-refractivity contribution < 1.29 is 19.1 Å². The fourth-order valence-electron chi connectivity index (χ4n) is 2.71. The summed E-state index contributed by atoms with van der Waals surface area (Å²) in [6.07, 6.45) is -0.446. The maximum absolute atomic E-state index is 12.5. The van der Waals surface area contributed by atoms with Crippen molar-refractivity contribution >= 4 is 29.5 Å². The number of hydrogen-bond donors (Lipinski definition) is 0. The maximum atomic E-state index is 12.5. The van der Waals surface area contributed by atoms with E-state index in [0.717, 1.165) is 10.5 Å². The average molecular weight is 369 g/mol. The van der Waals surface area contributed by atoms with Crippen molar-refractivity contribution in [2.24, 2.45) is 0 Å². The van der Waals surface area contributed by atoms with Crippen molar-refractivity contribution in [1.29, 1.82) is 0 Å². The summed E-state index contributed by atoms with van der Waals surface area (Å²) in [7, 11) is 0. The highest BCUT2D eigenvalue weighted by atomic mass is 32.2. The second-order valence-electron chi connectivity index (χ2n) is 5.86. The van der Waals surface area contributed by atoms with Crippen molar-refractivity contribution in [3.05, 3.63) is 71.8 Å². The smallest absolute Gasteiger partial charge is 0.416 e. The van der Waals surface area contributed by atoms with Crippen molar-refractivity contribution in [2.75, 3.05) is 18.9 Å². The van der Waals surface area contributed by atoms with Gasteiger partial charge in [0.25, 0.3) is 0 Å². The molecule has 2 aromatic rings. The molecule has 1 atom stereocenters. The van der Waals surface area contributed by atoms with Crippen LogP contribution in [0.15, 0.2) is 60.7 Å². The van der Waals surface area contributed by atoms with Crippen LogP contribution in [0.2, 0.25) is 0 Å². The zero-order valence-corrected chi connectivity index (χ0v) is 15.0. The summed E-state index contributed by atoms with van der Waals surface area (Å²) in [6, 6.07) is 18.7. The Hall–Kier alpha value is -2.60. The molecule has 0 saturated carbocycles. The molecule has 134 valence electrons. The van der Waals surface area contributed by atoms with E-state index in [9.17, 15) is 14.4 Å². The summed E-state index contributed by atoms with van der Waals surface area (Å²) in [5.74, 6) is 0.00645. The van der Waals surface area contributed by atoms with Gasteiger partial charge in [-0.25, -0.2) is 9.69 Å². The number of imide groups is 1. The first-order valence-corrected chi connectivity index (χ1v) is 9.42. The number of benzene rings is 2. The van der Waals surface area contributed by atoms with E-state index in [1.165, 1.54) is 11.8 Å². The number of thioether (sulfide) groups is 1. The lowest BCUT2D eigenvalue weighted by Crippen LogP contribution is -2.32. The van der Waals surface area contributed by atoms with Crippen molar-refractivity contribution in [3.63, 3.8) is 0 Å². The molecule has 0 radical (unpaired) electrons. The second-order valence-corrected chi connectivity index (χ2v) is 7.05. The van der Waals surface area contributed by atoms with Crippen LogP contribution >= 0.6 is 11.8 Å². The molecule has 1 heterocycles. The summed E-state index contributed by atoms with van der Waals surface area (Å²) >= 11 is 1.42. The van der Waals surface area contributed by atoms with Gasteiger partial charge in [-0.1, -0.05) is 60.7 Å². The molecule has 5 nitrogen and oxygen atoms in total. The number of amides is 2. The molecule has 26 heavy (non-hydrogen) atoms. The minimum Gasteiger partial charge on any atom is -0.447 e. The molecular formula is C20H19NO4S. The van der Waals surface area contributed by atoms with E-state index >= 15 is 0 Å². The fourth-order valence-corrected chi connectivity index (χ4v) is 3.84. The molecule has 0 bridgehead atoms. The Labute approximate surface area is 156 Å². The van der Waals surface area contributed by atoms with Gasteiger partial charge in [0, 0.05) is 17.2 Å². The summed E-state index contributed by atoms with van der Waals surface area (Å²) in [6.45, 7) is 0.521. The van der Waals surface area contributed by atoms with Gasteiger partial charge < -0.3 is 4.74 Å². The third-order valence-corrected chi connectivity index (χ3v) is 5.37. The van der Waals surface area contributed by atoms with Crippen molar-refractivity contribution in [1.82, 2.24) is 4.90 Å². The fraction of sp³-hybridized carbons (Fsp3) is 0.250. The number of ketones is 1. The monoisotopic (exact) mass is 369 g/mol. The highest BCUT2D eigenvalue weighted by molar-refractivity contribution is 8.00. The summed E-state index contributed by atoms with van der Waals surface area (Å²) in [5, 5.41) is -0.204. The lowest BCUT2D eigenvalue weighted by atomic mass is 10.1. The van der Waals surface area contributed by atoms with E-state index in [0.29, 0.717) is 5.56 Å². The summed E-state index contributed by atoms with van der Waals surface area (Å²) in [5.41, 5.74) is 1.61. The van der Waals surface area contributed by atoms with E-state index < -0.39 is 6.09 Å². The first-order chi connectivity index (χ1) is 12.6. The Bertz CT molecular complexity index is 779. The number of rotatable bonds is 7. The zero-order valence-electron chi connectivity index (χ0n) is 14.2. The number of carbonyl (C=O) groups is 3. The van der Waals surface area contributed by atoms with Gasteiger partial charge in [-0.2, -0.15) is 0 Å². The van der Waals surface area contributed by atoms with E-state index in [1.54, 1.807) is 12.1 Å². The van der Waals surface area contributed by atoms with Gasteiger partial charge in [0.15, 0.2) is 5.78 Å². The molecule has 2 amide bonds. The van der Waals surface area contributed by atoms with Gasteiger partial charge in [0.05, 0.1) is 12.3 Å². The quantitative estimate of drug-likeness (QED) is 0.696. The molecule has 3 rings (SSSR count). The Morgan fingerprint density at radius 3 is 2.31 bits per heavy atom. The van der Waals surface area contributed by atoms with Crippen LogP contribution in [-0.4, -0.2) is 41.6 Å². The molecule has 6 heteroatoms. The molecule has 1 aliphatic heterocycles. The van der Waals surface area contributed by atoms with Gasteiger partial charge in [-0.05, 0) is 5.56 Å². The van der Waals surface area contributed by atoms with Crippen LogP contribution in [0.3, 0.4) is 0 Å². The largest absolute Gasteiger partial charge is 0.447 e. The SMILES string of the molecule is O=C(CS[C@H](CC(=O)N1CCOC1=O)c1ccccc1)c1ccccc1. The molecular weight excluding hydrogens is 350 g/mol. The molecule has 1 aliphatic rings. The first-order valence-electron chi connectivity index (χ1n) is 8.37. The molecule has 1 saturated heterocycles. The number of carbonyl (C=O) groups excluding carboxylic acids is 3. The number of ether oxygens (including phenoxy) is 1. The predicted molar refractivity (Wildman–Crippen MR) is 100 cm³/mol. The maximum Gasteiger partial charge on any atom is 0.416 e. The second kappa shape index (κ2) is 8.67. The zero-order chi connectivity index (χ0) is 18.4. The number of hydrogen-bond acceptors (Lipinski definition) is 5. The molecule has 2 aromatic carbocycles. The van der Waals surface area contributed by atoms with Crippen LogP contribution in [0, 0.1) is 0 Å². The topological polar surface area (TPSA) is 63.7 Å². The van der Waals surface area contributed by atoms with Crippen LogP contribution < -0.4 is 0 Å². The van der Waals surface area contributed by atoms with Crippen molar-refractivity contribution in [2.45, 2.75) is 11.7 Å². The van der Waals surface area contributed by atoms with Crippen molar-refractivity contribution in [3.8, 4) is 0 Å². The highest BCUT2D eigenvalue weighted by Crippen LogP contribution is 2.33. The Morgan fingerprint density at radius 1 is 1.04 bits per heavy atom. The van der Waals surface area contributed by atoms with Gasteiger partial charge >= 0.3 is 6.09 Å². The molecule has 1 fully saturated rings. The lowest BCUT2D eigenvalue weighted by molar-refractivity contribution is -0.127. The lowest BCUT2D eigenvalue weighted by Gasteiger charge is -2.19. The van der Waals surface area contributed by atoms with E-state index in [2.05, 4.69) is 0 Å². The molecule has 0 aromatic heterocycles. The Morgan fingerprint density at radius 2 is 1.69 bits per heavy atom. The number of cyclic esters (lactones) is 1. The van der Waals surface area contributed by atoms with Crippen LogP contribution in [0.1, 0.15) is 27.6 Å². The van der Waals surface area contributed by atoms with Crippen LogP contribution in [0.25, 0.3) is 0 Å². The minimum atomic E-state index is -0.591. The van der Waals surface area contributed by atoms with Gasteiger partial charge in [-0.3, -0.25) is 9.59 Å². The third kappa shape index (κ3) is 4.52. The number of Topliss-reactive ketones (excluding diaryl/α,β-unsaturated/α-hetero) is 1. The minimum absolute atomic E-state index is 0.0181. The van der Waals surface area contributed by atoms with Gasteiger partial charge in [-0.15, -0.1) is 11.8 Å². The highest BCUT2D eigenvalue weighted by Gasteiger charge is 2.30. The van der Waals surface area contributed by atoms with E-state index in [4.69, 9.17) is 4.74 Å². The normalized spacial score (nSPS) is 14.8. The third-order valence-electron chi connectivity index (χ3n) is 4.10. The summed E-state index contributed by atoms with van der Waals surface area (Å²) in [4.78, 5) is 37.6. The van der Waals surface area contributed by atoms with Crippen LogP contribution in [0.5, 0.6) is 0 Å². The van der Waals surface area contributed by atoms with E-state index in [1.807, 2.05) is 48.5 Å². The molecule has 0 aliphatic carbocycles. The van der Waals surface area contributed by atoms with Crippen LogP contribution in [-0.2, 0) is 9.53 Å². The van der Waals surface area contributed by atoms with Crippen LogP contribution in [0.4, 0.5) is 4.79 Å². The predicted octanol–water partition coefficient (Wildman–Crippen LogP) is 3.71. The number of nitrogens with zero attached hydrogens (tertiary/aromatic N) is 1. The van der Waals surface area contributed by atoms with Gasteiger partial charge in [0.1, 0.15) is 6.61 Å². The van der Waals surface area contributed by atoms with E-state index in [-0.39, 0.29) is 42.3 Å². The first kappa shape index (κ1) is 18.2. The standard InChI is InChI=1S/C20H19NO4S/c22-17(15-7-3-1-4-8-15)14-26-18(16-9-5-2-6-10-16)13-19(23)21-11-12-25-20(21)24/h1-10,18H,11-14H2/t18-/m1/s1. The molecule has 0 spiro atoms. The molecule has 0 N–H and O–H groups in total. The van der Waals surface area contributed by atoms with Gasteiger partial charge in [0.2, 0.25) is 5.91 Å². The average Bonchev–Trinajstić information content (AvgIpc) is 3.12.